The van der Waals surface area contributed by atoms with Crippen molar-refractivity contribution in [3.05, 3.63) is 29.8 Å². The first-order valence-corrected chi connectivity index (χ1v) is 9.42. The SMILES string of the molecule is CS(=O)(=O)C[C@H]1CCCN(Cc2ccccc2OC(F)(F)F)C1. The highest BCUT2D eigenvalue weighted by Crippen LogP contribution is 2.28. The molecular formula is C15H20F3NO3S. The highest BCUT2D eigenvalue weighted by Gasteiger charge is 2.32. The van der Waals surface area contributed by atoms with Crippen LogP contribution in [0.2, 0.25) is 0 Å². The van der Waals surface area contributed by atoms with Gasteiger partial charge in [0.15, 0.2) is 0 Å². The fourth-order valence-electron chi connectivity index (χ4n) is 2.96. The number of sulfone groups is 1. The maximum Gasteiger partial charge on any atom is 0.573 e. The fraction of sp³-hybridized carbons (Fsp3) is 0.600. The number of ether oxygens (including phenoxy) is 1. The van der Waals surface area contributed by atoms with Crippen LogP contribution in [0.15, 0.2) is 24.3 Å². The molecule has 0 unspecified atom stereocenters. The van der Waals surface area contributed by atoms with Gasteiger partial charge in [-0.25, -0.2) is 8.42 Å². The number of para-hydroxylation sites is 1. The van der Waals surface area contributed by atoms with Gasteiger partial charge in [0.05, 0.1) is 5.75 Å². The van der Waals surface area contributed by atoms with E-state index in [1.54, 1.807) is 12.1 Å². The Kier molecular flexibility index (Phi) is 5.57. The first kappa shape index (κ1) is 18.1. The quantitative estimate of drug-likeness (QED) is 0.818. The van der Waals surface area contributed by atoms with Crippen molar-refractivity contribution in [3.8, 4) is 5.75 Å². The normalized spacial score (nSPS) is 20.4. The van der Waals surface area contributed by atoms with Crippen LogP contribution in [0.3, 0.4) is 0 Å². The van der Waals surface area contributed by atoms with Gasteiger partial charge in [-0.15, -0.1) is 13.2 Å². The summed E-state index contributed by atoms with van der Waals surface area (Å²) in [5.41, 5.74) is 0.449. The Morgan fingerprint density at radius 3 is 2.65 bits per heavy atom. The molecule has 4 nitrogen and oxygen atoms in total. The van der Waals surface area contributed by atoms with E-state index in [4.69, 9.17) is 0 Å². The second-order valence-corrected chi connectivity index (χ2v) is 8.18. The summed E-state index contributed by atoms with van der Waals surface area (Å²) in [4.78, 5) is 1.98. The van der Waals surface area contributed by atoms with Crippen LogP contribution in [0.4, 0.5) is 13.2 Å². The highest BCUT2D eigenvalue weighted by atomic mass is 32.2. The van der Waals surface area contributed by atoms with E-state index in [1.807, 2.05) is 4.90 Å². The van der Waals surface area contributed by atoms with Crippen molar-refractivity contribution >= 4 is 9.84 Å². The molecule has 1 aromatic carbocycles. The van der Waals surface area contributed by atoms with E-state index in [9.17, 15) is 21.6 Å². The predicted octanol–water partition coefficient (Wildman–Crippen LogP) is 2.84. The van der Waals surface area contributed by atoms with Gasteiger partial charge in [0, 0.05) is 24.9 Å². The van der Waals surface area contributed by atoms with Crippen LogP contribution >= 0.6 is 0 Å². The first-order valence-electron chi connectivity index (χ1n) is 7.36. The second-order valence-electron chi connectivity index (χ2n) is 5.99. The van der Waals surface area contributed by atoms with E-state index >= 15 is 0 Å². The average Bonchev–Trinajstić information content (AvgIpc) is 2.38. The van der Waals surface area contributed by atoms with Gasteiger partial charge in [-0.3, -0.25) is 4.90 Å². The van der Waals surface area contributed by atoms with Gasteiger partial charge in [0.25, 0.3) is 0 Å². The van der Waals surface area contributed by atoms with Gasteiger partial charge >= 0.3 is 6.36 Å². The number of rotatable bonds is 5. The Morgan fingerprint density at radius 1 is 1.30 bits per heavy atom. The molecule has 1 aliphatic rings. The maximum absolute atomic E-state index is 12.4. The van der Waals surface area contributed by atoms with E-state index in [-0.39, 0.29) is 17.4 Å². The molecule has 1 aromatic rings. The van der Waals surface area contributed by atoms with E-state index in [0.29, 0.717) is 18.7 Å². The van der Waals surface area contributed by atoms with Gasteiger partial charge < -0.3 is 4.74 Å². The lowest BCUT2D eigenvalue weighted by Gasteiger charge is -2.32. The van der Waals surface area contributed by atoms with Crippen LogP contribution in [0.25, 0.3) is 0 Å². The molecule has 1 aliphatic heterocycles. The molecule has 0 N–H and O–H groups in total. The first-order chi connectivity index (χ1) is 10.6. The number of benzene rings is 1. The molecule has 1 heterocycles. The topological polar surface area (TPSA) is 46.6 Å². The van der Waals surface area contributed by atoms with Gasteiger partial charge in [-0.05, 0) is 31.4 Å². The molecule has 0 radical (unpaired) electrons. The molecule has 8 heteroatoms. The van der Waals surface area contributed by atoms with Crippen molar-refractivity contribution in [2.24, 2.45) is 5.92 Å². The number of piperidine rings is 1. The monoisotopic (exact) mass is 351 g/mol. The largest absolute Gasteiger partial charge is 0.573 e. The zero-order chi connectivity index (χ0) is 17.1. The lowest BCUT2D eigenvalue weighted by Crippen LogP contribution is -2.37. The van der Waals surface area contributed by atoms with Crippen LogP contribution in [0.5, 0.6) is 5.75 Å². The van der Waals surface area contributed by atoms with E-state index in [0.717, 1.165) is 19.4 Å². The van der Waals surface area contributed by atoms with Crippen LogP contribution in [0, 0.1) is 5.92 Å². The molecule has 0 spiro atoms. The summed E-state index contributed by atoms with van der Waals surface area (Å²) >= 11 is 0. The Morgan fingerprint density at radius 2 is 2.00 bits per heavy atom. The van der Waals surface area contributed by atoms with Gasteiger partial charge in [-0.2, -0.15) is 0 Å². The molecule has 0 bridgehead atoms. The molecule has 130 valence electrons. The zero-order valence-corrected chi connectivity index (χ0v) is 13.7. The zero-order valence-electron chi connectivity index (χ0n) is 12.8. The molecule has 23 heavy (non-hydrogen) atoms. The average molecular weight is 351 g/mol. The number of hydrogen-bond acceptors (Lipinski definition) is 4. The summed E-state index contributed by atoms with van der Waals surface area (Å²) in [5.74, 6) is -0.0656. The molecule has 0 saturated carbocycles. The standard InChI is InChI=1S/C15H20F3NO3S/c1-23(20,21)11-12-5-4-8-19(9-12)10-13-6-2-3-7-14(13)22-15(16,17)18/h2-3,6-7,12H,4-5,8-11H2,1H3/t12-/m0/s1. The van der Waals surface area contributed by atoms with Crippen LogP contribution in [-0.4, -0.2) is 44.8 Å². The van der Waals surface area contributed by atoms with Crippen LogP contribution in [0.1, 0.15) is 18.4 Å². The summed E-state index contributed by atoms with van der Waals surface area (Å²) in [6.45, 7) is 1.61. The highest BCUT2D eigenvalue weighted by molar-refractivity contribution is 7.90. The van der Waals surface area contributed by atoms with Crippen molar-refractivity contribution in [2.75, 3.05) is 25.1 Å². The Bertz CT molecular complexity index is 631. The Balaban J connectivity index is 2.04. The number of halogens is 3. The smallest absolute Gasteiger partial charge is 0.405 e. The minimum Gasteiger partial charge on any atom is -0.405 e. The molecule has 0 aliphatic carbocycles. The Labute approximate surface area is 134 Å². The minimum atomic E-state index is -4.73. The molecular weight excluding hydrogens is 331 g/mol. The predicted molar refractivity (Wildman–Crippen MR) is 80.8 cm³/mol. The summed E-state index contributed by atoms with van der Waals surface area (Å²) in [7, 11) is -3.05. The second kappa shape index (κ2) is 7.09. The molecule has 2 rings (SSSR count). The van der Waals surface area contributed by atoms with Crippen molar-refractivity contribution < 1.29 is 26.3 Å². The number of hydrogen-bond donors (Lipinski definition) is 0. The number of alkyl halides is 3. The summed E-state index contributed by atoms with van der Waals surface area (Å²) in [5, 5.41) is 0. The summed E-state index contributed by atoms with van der Waals surface area (Å²) in [6.07, 6.45) is -1.86. The fourth-order valence-corrected chi connectivity index (χ4v) is 4.09. The third kappa shape index (κ3) is 6.39. The van der Waals surface area contributed by atoms with Gasteiger partial charge in [-0.1, -0.05) is 18.2 Å². The number of likely N-dealkylation sites (tertiary alicyclic amines) is 1. The third-order valence-corrected chi connectivity index (χ3v) is 4.81. The maximum atomic E-state index is 12.4. The third-order valence-electron chi connectivity index (χ3n) is 3.73. The molecule has 1 fully saturated rings. The Hall–Kier alpha value is -1.28. The van der Waals surface area contributed by atoms with E-state index in [1.165, 1.54) is 18.4 Å². The lowest BCUT2D eigenvalue weighted by molar-refractivity contribution is -0.275. The van der Waals surface area contributed by atoms with Crippen molar-refractivity contribution in [2.45, 2.75) is 25.7 Å². The van der Waals surface area contributed by atoms with Crippen molar-refractivity contribution in [1.82, 2.24) is 4.90 Å². The van der Waals surface area contributed by atoms with Crippen LogP contribution < -0.4 is 4.74 Å². The van der Waals surface area contributed by atoms with Crippen LogP contribution in [-0.2, 0) is 16.4 Å². The molecule has 0 amide bonds. The summed E-state index contributed by atoms with van der Waals surface area (Å²) < 4.78 is 64.2. The minimum absolute atomic E-state index is 0.0226. The van der Waals surface area contributed by atoms with Crippen molar-refractivity contribution in [1.29, 1.82) is 0 Å². The van der Waals surface area contributed by atoms with Gasteiger partial charge in [0.1, 0.15) is 15.6 Å². The lowest BCUT2D eigenvalue weighted by atomic mass is 9.99. The number of nitrogens with zero attached hydrogens (tertiary/aromatic N) is 1. The molecule has 1 saturated heterocycles. The summed E-state index contributed by atoms with van der Waals surface area (Å²) in [6, 6.07) is 6.05. The van der Waals surface area contributed by atoms with E-state index < -0.39 is 16.2 Å². The molecule has 0 aromatic heterocycles. The van der Waals surface area contributed by atoms with E-state index in [2.05, 4.69) is 4.74 Å². The van der Waals surface area contributed by atoms with Crippen molar-refractivity contribution in [3.63, 3.8) is 0 Å². The van der Waals surface area contributed by atoms with Gasteiger partial charge in [0.2, 0.25) is 0 Å². The molecule has 1 atom stereocenters.